The van der Waals surface area contributed by atoms with Gasteiger partial charge in [0.25, 0.3) is 0 Å². The van der Waals surface area contributed by atoms with E-state index >= 15 is 0 Å². The van der Waals surface area contributed by atoms with Crippen molar-refractivity contribution in [2.75, 3.05) is 6.61 Å². The summed E-state index contributed by atoms with van der Waals surface area (Å²) in [6, 6.07) is -0.0567. The highest BCUT2D eigenvalue weighted by Gasteiger charge is 2.38. The maximum absolute atomic E-state index is 11.9. The van der Waals surface area contributed by atoms with Crippen LogP contribution in [-0.4, -0.2) is 33.5 Å². The lowest BCUT2D eigenvalue weighted by molar-refractivity contribution is -0.128. The van der Waals surface area contributed by atoms with Crippen LogP contribution in [-0.2, 0) is 9.53 Å². The van der Waals surface area contributed by atoms with Gasteiger partial charge in [0.2, 0.25) is 5.91 Å². The highest BCUT2D eigenvalue weighted by Crippen LogP contribution is 2.21. The largest absolute Gasteiger partial charge is 0.447 e. The molecule has 1 fully saturated rings. The van der Waals surface area contributed by atoms with Gasteiger partial charge in [-0.15, -0.1) is 0 Å². The Bertz CT molecular complexity index is 257. The van der Waals surface area contributed by atoms with E-state index in [1.165, 1.54) is 4.90 Å². The molecule has 2 unspecified atom stereocenters. The number of hydrogen-bond donors (Lipinski definition) is 0. The van der Waals surface area contributed by atoms with Crippen molar-refractivity contribution in [3.05, 3.63) is 0 Å². The number of cyclic esters (lactones) is 1. The van der Waals surface area contributed by atoms with Crippen LogP contribution in [0.25, 0.3) is 0 Å². The average molecular weight is 325 g/mol. The van der Waals surface area contributed by atoms with Gasteiger partial charge < -0.3 is 4.74 Å². The molecule has 0 radical (unpaired) electrons. The summed E-state index contributed by atoms with van der Waals surface area (Å²) in [5.41, 5.74) is 0. The van der Waals surface area contributed by atoms with Gasteiger partial charge in [0.05, 0.1) is 9.97 Å². The van der Waals surface area contributed by atoms with Crippen LogP contribution in [0, 0.1) is 0 Å². The normalized spacial score (nSPS) is 22.7. The van der Waals surface area contributed by atoms with E-state index < -0.39 is 6.09 Å². The van der Waals surface area contributed by atoms with Crippen LogP contribution >= 0.6 is 22.6 Å². The van der Waals surface area contributed by atoms with Crippen molar-refractivity contribution in [3.63, 3.8) is 0 Å². The minimum absolute atomic E-state index is 0.0567. The first-order valence-corrected chi connectivity index (χ1v) is 6.50. The maximum Gasteiger partial charge on any atom is 0.417 e. The summed E-state index contributed by atoms with van der Waals surface area (Å²) in [4.78, 5) is 24.6. The highest BCUT2D eigenvalue weighted by molar-refractivity contribution is 14.1. The highest BCUT2D eigenvalue weighted by atomic mass is 127. The second kappa shape index (κ2) is 5.67. The van der Waals surface area contributed by atoms with Gasteiger partial charge in [-0.3, -0.25) is 4.79 Å². The zero-order valence-electron chi connectivity index (χ0n) is 9.03. The third kappa shape index (κ3) is 2.83. The van der Waals surface area contributed by atoms with E-state index in [1.807, 2.05) is 13.8 Å². The molecule has 0 N–H and O–H groups in total. The number of ether oxygens (including phenoxy) is 1. The van der Waals surface area contributed by atoms with Crippen LogP contribution in [0.1, 0.15) is 33.1 Å². The van der Waals surface area contributed by atoms with Gasteiger partial charge in [-0.2, -0.15) is 0 Å². The fourth-order valence-electron chi connectivity index (χ4n) is 1.60. The number of carbonyl (C=O) groups excluding carboxylic acids is 2. The number of carbonyl (C=O) groups is 2. The topological polar surface area (TPSA) is 46.6 Å². The van der Waals surface area contributed by atoms with Gasteiger partial charge >= 0.3 is 6.09 Å². The summed E-state index contributed by atoms with van der Waals surface area (Å²) in [7, 11) is 0. The van der Waals surface area contributed by atoms with Crippen LogP contribution < -0.4 is 0 Å². The number of amides is 2. The Kier molecular flexibility index (Phi) is 4.82. The second-order valence-corrected chi connectivity index (χ2v) is 5.11. The lowest BCUT2D eigenvalue weighted by Gasteiger charge is -2.21. The quantitative estimate of drug-likeness (QED) is 0.589. The third-order valence-corrected chi connectivity index (χ3v) is 3.86. The first-order chi connectivity index (χ1) is 7.11. The van der Waals surface area contributed by atoms with Gasteiger partial charge in [-0.25, -0.2) is 9.69 Å². The fourth-order valence-corrected chi connectivity index (χ4v) is 1.90. The molecular weight excluding hydrogens is 309 g/mol. The molecule has 2 amide bonds. The molecule has 0 aromatic heterocycles. The number of imide groups is 1. The lowest BCUT2D eigenvalue weighted by atomic mass is 10.1. The predicted molar refractivity (Wildman–Crippen MR) is 65.0 cm³/mol. The van der Waals surface area contributed by atoms with E-state index in [0.29, 0.717) is 6.61 Å². The molecule has 1 aliphatic rings. The van der Waals surface area contributed by atoms with Crippen molar-refractivity contribution in [1.82, 2.24) is 4.90 Å². The van der Waals surface area contributed by atoms with Crippen molar-refractivity contribution in [2.45, 2.75) is 43.1 Å². The first kappa shape index (κ1) is 12.7. The summed E-state index contributed by atoms with van der Waals surface area (Å²) in [5.74, 6) is -0.112. The molecule has 1 saturated heterocycles. The van der Waals surface area contributed by atoms with Crippen molar-refractivity contribution < 1.29 is 14.3 Å². The van der Waals surface area contributed by atoms with Crippen LogP contribution in [0.5, 0.6) is 0 Å². The van der Waals surface area contributed by atoms with Crippen molar-refractivity contribution >= 4 is 34.6 Å². The molecular formula is C10H16INO3. The Hall–Kier alpha value is -0.330. The summed E-state index contributed by atoms with van der Waals surface area (Å²) in [6.07, 6.45) is 2.03. The van der Waals surface area contributed by atoms with Crippen molar-refractivity contribution in [1.29, 1.82) is 0 Å². The Labute approximate surface area is 103 Å². The molecule has 0 aromatic carbocycles. The molecule has 0 bridgehead atoms. The van der Waals surface area contributed by atoms with E-state index in [-0.39, 0.29) is 15.9 Å². The average Bonchev–Trinajstić information content (AvgIpc) is 2.58. The number of alkyl halides is 1. The summed E-state index contributed by atoms with van der Waals surface area (Å²) in [5, 5.41) is 0. The molecule has 2 atom stereocenters. The van der Waals surface area contributed by atoms with Crippen LogP contribution in [0.4, 0.5) is 4.79 Å². The zero-order chi connectivity index (χ0) is 11.4. The lowest BCUT2D eigenvalue weighted by Crippen LogP contribution is -2.42. The standard InChI is InChI=1S/C10H16INO3/c1-3-5-7-6-15-10(14)12(7)9(13)8(11)4-2/h7-8H,3-6H2,1-2H3. The minimum Gasteiger partial charge on any atom is -0.447 e. The van der Waals surface area contributed by atoms with Gasteiger partial charge in [0.1, 0.15) is 6.61 Å². The smallest absolute Gasteiger partial charge is 0.417 e. The SMILES string of the molecule is CCCC1COC(=O)N1C(=O)C(I)CC. The Morgan fingerprint density at radius 1 is 1.67 bits per heavy atom. The molecule has 0 aliphatic carbocycles. The third-order valence-electron chi connectivity index (χ3n) is 2.45. The number of rotatable bonds is 4. The molecule has 1 aliphatic heterocycles. The zero-order valence-corrected chi connectivity index (χ0v) is 11.2. The first-order valence-electron chi connectivity index (χ1n) is 5.25. The number of hydrogen-bond acceptors (Lipinski definition) is 3. The monoisotopic (exact) mass is 325 g/mol. The van der Waals surface area contributed by atoms with Gasteiger partial charge in [-0.05, 0) is 12.8 Å². The molecule has 15 heavy (non-hydrogen) atoms. The number of halogens is 1. The van der Waals surface area contributed by atoms with Gasteiger partial charge in [0, 0.05) is 0 Å². The van der Waals surface area contributed by atoms with Crippen LogP contribution in [0.2, 0.25) is 0 Å². The van der Waals surface area contributed by atoms with Crippen molar-refractivity contribution in [3.8, 4) is 0 Å². The molecule has 86 valence electrons. The van der Waals surface area contributed by atoms with E-state index in [4.69, 9.17) is 4.74 Å². The summed E-state index contributed by atoms with van der Waals surface area (Å²) >= 11 is 2.07. The van der Waals surface area contributed by atoms with Crippen molar-refractivity contribution in [2.24, 2.45) is 0 Å². The van der Waals surface area contributed by atoms with Gasteiger partial charge in [-0.1, -0.05) is 42.9 Å². The second-order valence-electron chi connectivity index (χ2n) is 3.60. The minimum atomic E-state index is -0.478. The van der Waals surface area contributed by atoms with Crippen LogP contribution in [0.15, 0.2) is 0 Å². The fraction of sp³-hybridized carbons (Fsp3) is 0.800. The maximum atomic E-state index is 11.9. The molecule has 1 rings (SSSR count). The van der Waals surface area contributed by atoms with Crippen LogP contribution in [0.3, 0.4) is 0 Å². The summed E-state index contributed by atoms with van der Waals surface area (Å²) in [6.45, 7) is 4.32. The van der Waals surface area contributed by atoms with E-state index in [2.05, 4.69) is 22.6 Å². The molecule has 0 spiro atoms. The summed E-state index contributed by atoms with van der Waals surface area (Å²) < 4.78 is 4.78. The molecule has 1 heterocycles. The predicted octanol–water partition coefficient (Wildman–Crippen LogP) is 2.35. The van der Waals surface area contributed by atoms with E-state index in [9.17, 15) is 9.59 Å². The molecule has 4 nitrogen and oxygen atoms in total. The molecule has 5 heteroatoms. The molecule has 0 saturated carbocycles. The van der Waals surface area contributed by atoms with Gasteiger partial charge in [0.15, 0.2) is 0 Å². The Morgan fingerprint density at radius 2 is 2.33 bits per heavy atom. The molecule has 0 aromatic rings. The van der Waals surface area contributed by atoms with E-state index in [1.54, 1.807) is 0 Å². The number of nitrogens with zero attached hydrogens (tertiary/aromatic N) is 1. The Morgan fingerprint density at radius 3 is 2.87 bits per heavy atom. The van der Waals surface area contributed by atoms with E-state index in [0.717, 1.165) is 19.3 Å². The Balaban J connectivity index is 2.71.